The lowest BCUT2D eigenvalue weighted by Crippen LogP contribution is -2.49. The van der Waals surface area contributed by atoms with Crippen LogP contribution in [0.25, 0.3) is 0 Å². The predicted molar refractivity (Wildman–Crippen MR) is 116 cm³/mol. The van der Waals surface area contributed by atoms with Crippen LogP contribution in [0.1, 0.15) is 36.8 Å². The standard InChI is InChI=1S/C25H29NO4/c1-4-13-30-23-12-5-18(14-24(23)29-3)17-26-20-8-9-21(26)16-25(27,15-20)19-6-10-22(28-2)11-7-19/h1,5-7,10-12,14,20-21,27H,8-9,13,15-17H2,2-3H3/t20-,21-/m1/s1. The van der Waals surface area contributed by atoms with E-state index >= 15 is 0 Å². The Bertz CT molecular complexity index is 904. The number of terminal acetylenes is 1. The molecule has 4 rings (SSSR count). The van der Waals surface area contributed by atoms with Gasteiger partial charge in [0.2, 0.25) is 0 Å². The molecule has 2 heterocycles. The van der Waals surface area contributed by atoms with Crippen molar-refractivity contribution in [2.75, 3.05) is 20.8 Å². The number of piperidine rings is 1. The van der Waals surface area contributed by atoms with Crippen LogP contribution < -0.4 is 14.2 Å². The number of nitrogens with zero attached hydrogens (tertiary/aromatic N) is 1. The molecule has 2 fully saturated rings. The summed E-state index contributed by atoms with van der Waals surface area (Å²) in [7, 11) is 3.30. The Labute approximate surface area is 178 Å². The summed E-state index contributed by atoms with van der Waals surface area (Å²) in [6.45, 7) is 1.05. The number of fused-ring (bicyclic) bond motifs is 2. The van der Waals surface area contributed by atoms with Gasteiger partial charge in [0.1, 0.15) is 12.4 Å². The highest BCUT2D eigenvalue weighted by Crippen LogP contribution is 2.46. The largest absolute Gasteiger partial charge is 0.497 e. The first-order chi connectivity index (χ1) is 14.6. The maximum atomic E-state index is 11.5. The highest BCUT2D eigenvalue weighted by atomic mass is 16.5. The second-order valence-electron chi connectivity index (χ2n) is 8.20. The van der Waals surface area contributed by atoms with Crippen LogP contribution in [0.4, 0.5) is 0 Å². The van der Waals surface area contributed by atoms with E-state index in [9.17, 15) is 5.11 Å². The number of methoxy groups -OCH3 is 2. The van der Waals surface area contributed by atoms with E-state index in [4.69, 9.17) is 20.6 Å². The summed E-state index contributed by atoms with van der Waals surface area (Å²) >= 11 is 0. The van der Waals surface area contributed by atoms with Crippen molar-refractivity contribution in [2.45, 2.75) is 49.9 Å². The second kappa shape index (κ2) is 8.59. The number of hydrogen-bond acceptors (Lipinski definition) is 5. The van der Waals surface area contributed by atoms with Crippen molar-refractivity contribution >= 4 is 0 Å². The molecular formula is C25H29NO4. The van der Waals surface area contributed by atoms with Gasteiger partial charge in [-0.25, -0.2) is 0 Å². The SMILES string of the molecule is C#CCOc1ccc(CN2[C@@H]3CC[C@@H]2CC(O)(c2ccc(OC)cc2)C3)cc1OC. The summed E-state index contributed by atoms with van der Waals surface area (Å²) in [5, 5.41) is 11.5. The van der Waals surface area contributed by atoms with E-state index in [0.717, 1.165) is 43.5 Å². The van der Waals surface area contributed by atoms with Crippen molar-refractivity contribution in [3.05, 3.63) is 53.6 Å². The van der Waals surface area contributed by atoms with Crippen LogP contribution in [-0.2, 0) is 12.1 Å². The monoisotopic (exact) mass is 407 g/mol. The van der Waals surface area contributed by atoms with Crippen LogP contribution in [0, 0.1) is 12.3 Å². The number of aliphatic hydroxyl groups is 1. The molecule has 2 aliphatic rings. The van der Waals surface area contributed by atoms with Gasteiger partial charge in [0.25, 0.3) is 0 Å². The molecule has 30 heavy (non-hydrogen) atoms. The fourth-order valence-corrected chi connectivity index (χ4v) is 4.97. The topological polar surface area (TPSA) is 51.2 Å². The Kier molecular flexibility index (Phi) is 5.90. The smallest absolute Gasteiger partial charge is 0.162 e. The fourth-order valence-electron chi connectivity index (χ4n) is 4.97. The Morgan fingerprint density at radius 3 is 2.33 bits per heavy atom. The Hall–Kier alpha value is -2.68. The summed E-state index contributed by atoms with van der Waals surface area (Å²) in [6.07, 6.45) is 9.01. The lowest BCUT2D eigenvalue weighted by molar-refractivity contribution is -0.0595. The Morgan fingerprint density at radius 1 is 1.03 bits per heavy atom. The molecule has 0 amide bonds. The van der Waals surface area contributed by atoms with Gasteiger partial charge in [0.15, 0.2) is 11.5 Å². The highest BCUT2D eigenvalue weighted by molar-refractivity contribution is 5.43. The first kappa shape index (κ1) is 20.6. The van der Waals surface area contributed by atoms with Crippen LogP contribution in [0.5, 0.6) is 17.2 Å². The molecule has 2 atom stereocenters. The quantitative estimate of drug-likeness (QED) is 0.709. The Balaban J connectivity index is 1.48. The van der Waals surface area contributed by atoms with E-state index in [1.165, 1.54) is 5.56 Å². The van der Waals surface area contributed by atoms with Crippen molar-refractivity contribution < 1.29 is 19.3 Å². The molecule has 0 saturated carbocycles. The third-order valence-corrected chi connectivity index (χ3v) is 6.45. The molecule has 2 aromatic carbocycles. The molecule has 2 aliphatic heterocycles. The zero-order valence-electron chi connectivity index (χ0n) is 17.6. The average molecular weight is 408 g/mol. The van der Waals surface area contributed by atoms with E-state index in [1.807, 2.05) is 36.4 Å². The molecule has 2 bridgehead atoms. The fraction of sp³-hybridized carbons (Fsp3) is 0.440. The van der Waals surface area contributed by atoms with Crippen molar-refractivity contribution in [1.82, 2.24) is 4.90 Å². The maximum Gasteiger partial charge on any atom is 0.162 e. The third kappa shape index (κ3) is 3.98. The van der Waals surface area contributed by atoms with Crippen LogP contribution in [0.15, 0.2) is 42.5 Å². The zero-order valence-corrected chi connectivity index (χ0v) is 17.6. The second-order valence-corrected chi connectivity index (χ2v) is 8.20. The third-order valence-electron chi connectivity index (χ3n) is 6.45. The number of hydrogen-bond donors (Lipinski definition) is 1. The summed E-state index contributed by atoms with van der Waals surface area (Å²) in [5.74, 6) is 4.65. The Morgan fingerprint density at radius 2 is 1.73 bits per heavy atom. The van der Waals surface area contributed by atoms with Gasteiger partial charge in [0, 0.05) is 18.6 Å². The van der Waals surface area contributed by atoms with Crippen LogP contribution in [-0.4, -0.2) is 42.9 Å². The summed E-state index contributed by atoms with van der Waals surface area (Å²) in [4.78, 5) is 2.54. The van der Waals surface area contributed by atoms with Gasteiger partial charge in [-0.15, -0.1) is 6.42 Å². The van der Waals surface area contributed by atoms with E-state index in [1.54, 1.807) is 14.2 Å². The van der Waals surface area contributed by atoms with Gasteiger partial charge >= 0.3 is 0 Å². The number of benzene rings is 2. The lowest BCUT2D eigenvalue weighted by atomic mass is 9.80. The zero-order chi connectivity index (χ0) is 21.1. The first-order valence-corrected chi connectivity index (χ1v) is 10.4. The molecule has 0 spiro atoms. The molecule has 0 radical (unpaired) electrons. The van der Waals surface area contributed by atoms with Gasteiger partial charge in [-0.2, -0.15) is 0 Å². The predicted octanol–water partition coefficient (Wildman–Crippen LogP) is 3.73. The van der Waals surface area contributed by atoms with Gasteiger partial charge in [-0.1, -0.05) is 24.1 Å². The molecule has 0 aromatic heterocycles. The first-order valence-electron chi connectivity index (χ1n) is 10.4. The van der Waals surface area contributed by atoms with Gasteiger partial charge in [-0.3, -0.25) is 4.90 Å². The summed E-state index contributed by atoms with van der Waals surface area (Å²) < 4.78 is 16.3. The number of rotatable bonds is 7. The minimum atomic E-state index is -0.779. The molecule has 0 unspecified atom stereocenters. The van der Waals surface area contributed by atoms with Crippen molar-refractivity contribution in [2.24, 2.45) is 0 Å². The van der Waals surface area contributed by atoms with Gasteiger partial charge in [-0.05, 0) is 61.1 Å². The van der Waals surface area contributed by atoms with Gasteiger partial charge in [0.05, 0.1) is 19.8 Å². The normalized spacial score (nSPS) is 25.5. The molecule has 5 nitrogen and oxygen atoms in total. The highest BCUT2D eigenvalue weighted by Gasteiger charge is 2.48. The minimum absolute atomic E-state index is 0.218. The molecule has 2 saturated heterocycles. The van der Waals surface area contributed by atoms with E-state index in [0.29, 0.717) is 23.6 Å². The lowest BCUT2D eigenvalue weighted by Gasteiger charge is -2.44. The molecule has 2 aromatic rings. The van der Waals surface area contributed by atoms with Crippen molar-refractivity contribution in [3.8, 4) is 29.6 Å². The molecule has 158 valence electrons. The number of ether oxygens (including phenoxy) is 3. The average Bonchev–Trinajstić information content (AvgIpc) is 3.01. The van der Waals surface area contributed by atoms with Crippen LogP contribution >= 0.6 is 0 Å². The van der Waals surface area contributed by atoms with E-state index < -0.39 is 5.60 Å². The summed E-state index contributed by atoms with van der Waals surface area (Å²) in [5.41, 5.74) is 1.38. The van der Waals surface area contributed by atoms with E-state index in [2.05, 4.69) is 16.9 Å². The maximum absolute atomic E-state index is 11.5. The van der Waals surface area contributed by atoms with Crippen molar-refractivity contribution in [1.29, 1.82) is 0 Å². The van der Waals surface area contributed by atoms with E-state index in [-0.39, 0.29) is 6.61 Å². The van der Waals surface area contributed by atoms with Crippen LogP contribution in [0.3, 0.4) is 0 Å². The van der Waals surface area contributed by atoms with Gasteiger partial charge < -0.3 is 19.3 Å². The van der Waals surface area contributed by atoms with Crippen molar-refractivity contribution in [3.63, 3.8) is 0 Å². The molecular weight excluding hydrogens is 378 g/mol. The van der Waals surface area contributed by atoms with Crippen LogP contribution in [0.2, 0.25) is 0 Å². The minimum Gasteiger partial charge on any atom is -0.497 e. The molecule has 0 aliphatic carbocycles. The molecule has 1 N–H and O–H groups in total. The molecule has 5 heteroatoms. The summed E-state index contributed by atoms with van der Waals surface area (Å²) in [6, 6.07) is 14.6.